The molecule has 0 unspecified atom stereocenters. The van der Waals surface area contributed by atoms with Crippen molar-refractivity contribution in [1.29, 1.82) is 5.41 Å². The zero-order valence-corrected chi connectivity index (χ0v) is 19.6. The largest absolute Gasteiger partial charge is 0.399 e. The van der Waals surface area contributed by atoms with E-state index in [0.29, 0.717) is 39.6 Å². The summed E-state index contributed by atoms with van der Waals surface area (Å²) in [6.45, 7) is -0.0889. The van der Waals surface area contributed by atoms with Crippen molar-refractivity contribution in [3.63, 3.8) is 0 Å². The van der Waals surface area contributed by atoms with Gasteiger partial charge in [-0.1, -0.05) is 48.0 Å². The van der Waals surface area contributed by atoms with E-state index in [9.17, 15) is 9.59 Å². The fourth-order valence-electron chi connectivity index (χ4n) is 4.03. The topological polar surface area (TPSA) is 127 Å². The first-order valence-electron chi connectivity index (χ1n) is 11.3. The third kappa shape index (κ3) is 5.31. The van der Waals surface area contributed by atoms with Crippen LogP contribution in [0.3, 0.4) is 0 Å². The Morgan fingerprint density at radius 3 is 2.50 bits per heavy atom. The monoisotopic (exact) mass is 477 g/mol. The molecule has 8 heteroatoms. The molecule has 0 atom stereocenters. The van der Waals surface area contributed by atoms with E-state index in [0.717, 1.165) is 24.8 Å². The van der Waals surface area contributed by atoms with Gasteiger partial charge in [-0.15, -0.1) is 0 Å². The normalized spacial score (nSPS) is 13.3. The Hall–Kier alpha value is -3.58. The fraction of sp³-hybridized carbons (Fsp3) is 0.269. The number of carbonyl (C=O) groups is 1. The average Bonchev–Trinajstić information content (AvgIpc) is 2.78. The number of amidine groups is 1. The highest BCUT2D eigenvalue weighted by Crippen LogP contribution is 2.31. The molecular formula is C26H28ClN5O2. The standard InChI is InChI=1S/C26H28ClN5O2/c27-22-14-23(31-20-5-2-6-20)26(34)32(24(22)18-3-1-4-19(28)13-18)15-21(33)12-9-16-7-10-17(11-8-16)25(29)30/h1,3-4,7-8,10-11,13-14,20,31H,2,5-6,9,12,15,28H2,(H3,29,30). The van der Waals surface area contributed by atoms with Crippen molar-refractivity contribution in [2.45, 2.75) is 44.7 Å². The number of hydrogen-bond donors (Lipinski definition) is 4. The second kappa shape index (κ2) is 10.1. The van der Waals surface area contributed by atoms with Gasteiger partial charge in [0.15, 0.2) is 5.78 Å². The van der Waals surface area contributed by atoms with E-state index in [-0.39, 0.29) is 36.2 Å². The van der Waals surface area contributed by atoms with E-state index in [1.165, 1.54) is 4.57 Å². The lowest BCUT2D eigenvalue weighted by molar-refractivity contribution is -0.119. The Labute approximate surface area is 203 Å². The zero-order valence-electron chi connectivity index (χ0n) is 18.8. The number of nitrogens with two attached hydrogens (primary N) is 2. The summed E-state index contributed by atoms with van der Waals surface area (Å²) in [6.07, 6.45) is 3.94. The highest BCUT2D eigenvalue weighted by Gasteiger charge is 2.22. The van der Waals surface area contributed by atoms with Crippen molar-refractivity contribution in [2.24, 2.45) is 5.73 Å². The second-order valence-electron chi connectivity index (χ2n) is 8.69. The van der Waals surface area contributed by atoms with Gasteiger partial charge in [-0.3, -0.25) is 19.6 Å². The molecule has 1 saturated carbocycles. The summed E-state index contributed by atoms with van der Waals surface area (Å²) >= 11 is 6.66. The summed E-state index contributed by atoms with van der Waals surface area (Å²) in [7, 11) is 0. The summed E-state index contributed by atoms with van der Waals surface area (Å²) in [4.78, 5) is 26.4. The molecule has 4 rings (SSSR count). The lowest BCUT2D eigenvalue weighted by Crippen LogP contribution is -2.34. The van der Waals surface area contributed by atoms with Crippen LogP contribution >= 0.6 is 11.6 Å². The molecule has 0 bridgehead atoms. The quantitative estimate of drug-likeness (QED) is 0.208. The first-order valence-corrected chi connectivity index (χ1v) is 11.7. The minimum absolute atomic E-state index is 0.00310. The van der Waals surface area contributed by atoms with E-state index in [1.54, 1.807) is 36.4 Å². The van der Waals surface area contributed by atoms with Crippen molar-refractivity contribution < 1.29 is 4.79 Å². The predicted molar refractivity (Wildman–Crippen MR) is 138 cm³/mol. The van der Waals surface area contributed by atoms with Crippen molar-refractivity contribution in [1.82, 2.24) is 4.57 Å². The van der Waals surface area contributed by atoms with Crippen LogP contribution in [0.25, 0.3) is 11.3 Å². The number of anilines is 2. The molecule has 1 aromatic heterocycles. The molecule has 0 aliphatic heterocycles. The number of aryl methyl sites for hydroxylation is 1. The van der Waals surface area contributed by atoms with Crippen LogP contribution < -0.4 is 22.3 Å². The maximum atomic E-state index is 13.4. The molecule has 0 amide bonds. The number of hydrogen-bond acceptors (Lipinski definition) is 5. The molecular weight excluding hydrogens is 450 g/mol. The van der Waals surface area contributed by atoms with Crippen molar-refractivity contribution >= 4 is 34.6 Å². The number of nitrogens with zero attached hydrogens (tertiary/aromatic N) is 1. The van der Waals surface area contributed by atoms with Gasteiger partial charge in [0, 0.05) is 29.3 Å². The highest BCUT2D eigenvalue weighted by molar-refractivity contribution is 6.33. The van der Waals surface area contributed by atoms with Crippen LogP contribution in [-0.2, 0) is 17.8 Å². The molecule has 7 nitrogen and oxygen atoms in total. The van der Waals surface area contributed by atoms with Gasteiger partial charge in [-0.25, -0.2) is 0 Å². The number of halogens is 1. The summed E-state index contributed by atoms with van der Waals surface area (Å²) in [5.41, 5.74) is 14.9. The molecule has 176 valence electrons. The van der Waals surface area contributed by atoms with E-state index in [2.05, 4.69) is 5.32 Å². The van der Waals surface area contributed by atoms with Gasteiger partial charge in [0.1, 0.15) is 11.5 Å². The van der Waals surface area contributed by atoms with E-state index < -0.39 is 0 Å². The smallest absolute Gasteiger partial charge is 0.274 e. The number of carbonyl (C=O) groups excluding carboxylic acids is 1. The van der Waals surface area contributed by atoms with Crippen molar-refractivity contribution in [3.05, 3.63) is 81.1 Å². The number of ketones is 1. The third-order valence-corrected chi connectivity index (χ3v) is 6.45. The highest BCUT2D eigenvalue weighted by atomic mass is 35.5. The first kappa shape index (κ1) is 23.6. The second-order valence-corrected chi connectivity index (χ2v) is 9.10. The number of pyridine rings is 1. The molecule has 1 aliphatic carbocycles. The predicted octanol–water partition coefficient (Wildman–Crippen LogP) is 4.20. The molecule has 1 heterocycles. The molecule has 2 aromatic carbocycles. The van der Waals surface area contributed by atoms with Crippen molar-refractivity contribution in [2.75, 3.05) is 11.1 Å². The molecule has 0 saturated heterocycles. The zero-order chi connectivity index (χ0) is 24.2. The maximum Gasteiger partial charge on any atom is 0.274 e. The van der Waals surface area contributed by atoms with Crippen LogP contribution in [0.2, 0.25) is 5.02 Å². The third-order valence-electron chi connectivity index (χ3n) is 6.16. The van der Waals surface area contributed by atoms with Crippen LogP contribution in [-0.4, -0.2) is 22.2 Å². The fourth-order valence-corrected chi connectivity index (χ4v) is 4.35. The Kier molecular flexibility index (Phi) is 7.03. The van der Waals surface area contributed by atoms with E-state index in [1.807, 2.05) is 18.2 Å². The van der Waals surface area contributed by atoms with Crippen LogP contribution in [0.4, 0.5) is 11.4 Å². The number of nitrogen functional groups attached to an aromatic ring is 2. The number of Topliss-reactive ketones (excluding diaryl/α,β-unsaturated/α-hetero) is 1. The first-order chi connectivity index (χ1) is 16.3. The molecule has 0 radical (unpaired) electrons. The molecule has 0 spiro atoms. The summed E-state index contributed by atoms with van der Waals surface area (Å²) in [6, 6.07) is 16.3. The SMILES string of the molecule is N=C(N)c1ccc(CCC(=O)Cn2c(-c3cccc(N)c3)c(Cl)cc(NC3CCC3)c2=O)cc1. The lowest BCUT2D eigenvalue weighted by Gasteiger charge is -2.28. The van der Waals surface area contributed by atoms with E-state index in [4.69, 9.17) is 28.5 Å². The Morgan fingerprint density at radius 2 is 1.88 bits per heavy atom. The van der Waals surface area contributed by atoms with Crippen LogP contribution in [0.5, 0.6) is 0 Å². The van der Waals surface area contributed by atoms with Gasteiger partial charge in [0.2, 0.25) is 0 Å². The molecule has 34 heavy (non-hydrogen) atoms. The lowest BCUT2D eigenvalue weighted by atomic mass is 9.93. The number of rotatable bonds is 9. The minimum atomic E-state index is -0.270. The Morgan fingerprint density at radius 1 is 1.15 bits per heavy atom. The van der Waals surface area contributed by atoms with E-state index >= 15 is 0 Å². The summed E-state index contributed by atoms with van der Waals surface area (Å²) < 4.78 is 1.46. The van der Waals surface area contributed by atoms with Gasteiger partial charge >= 0.3 is 0 Å². The van der Waals surface area contributed by atoms with Crippen LogP contribution in [0, 0.1) is 5.41 Å². The van der Waals surface area contributed by atoms with Gasteiger partial charge in [-0.2, -0.15) is 0 Å². The van der Waals surface area contributed by atoms with Crippen LogP contribution in [0.1, 0.15) is 36.8 Å². The Bertz CT molecular complexity index is 1280. The maximum absolute atomic E-state index is 13.4. The molecule has 1 fully saturated rings. The van der Waals surface area contributed by atoms with Gasteiger partial charge in [0.05, 0.1) is 17.3 Å². The van der Waals surface area contributed by atoms with Crippen LogP contribution in [0.15, 0.2) is 59.4 Å². The van der Waals surface area contributed by atoms with Gasteiger partial charge in [0.25, 0.3) is 5.56 Å². The molecule has 1 aliphatic rings. The Balaban J connectivity index is 1.60. The van der Waals surface area contributed by atoms with Gasteiger partial charge in [-0.05, 0) is 49.4 Å². The average molecular weight is 478 g/mol. The number of nitrogens with one attached hydrogen (secondary N) is 2. The molecule has 3 aromatic rings. The van der Waals surface area contributed by atoms with Crippen molar-refractivity contribution in [3.8, 4) is 11.3 Å². The number of benzene rings is 2. The molecule has 6 N–H and O–H groups in total. The van der Waals surface area contributed by atoms with Gasteiger partial charge < -0.3 is 16.8 Å². The summed E-state index contributed by atoms with van der Waals surface area (Å²) in [5.74, 6) is -0.0805. The summed E-state index contributed by atoms with van der Waals surface area (Å²) in [5, 5.41) is 11.2. The minimum Gasteiger partial charge on any atom is -0.399 e. The number of aromatic nitrogens is 1.